The maximum atomic E-state index is 13.0. The second kappa shape index (κ2) is 9.43. The molecule has 0 unspecified atom stereocenters. The van der Waals surface area contributed by atoms with Crippen LogP contribution < -0.4 is 10.3 Å². The van der Waals surface area contributed by atoms with Gasteiger partial charge in [0.05, 0.1) is 28.6 Å². The molecule has 1 aromatic heterocycles. The lowest BCUT2D eigenvalue weighted by atomic mass is 10.0. The van der Waals surface area contributed by atoms with Gasteiger partial charge in [0.15, 0.2) is 6.20 Å². The Morgan fingerprint density at radius 1 is 0.938 bits per heavy atom. The van der Waals surface area contributed by atoms with Crippen LogP contribution in [-0.4, -0.2) is 31.7 Å². The third-order valence-electron chi connectivity index (χ3n) is 5.04. The second-order valence-electron chi connectivity index (χ2n) is 7.08. The lowest BCUT2D eigenvalue weighted by molar-refractivity contribution is -0.343. The topological polar surface area (TPSA) is 78.8 Å². The van der Waals surface area contributed by atoms with Crippen molar-refractivity contribution in [2.75, 3.05) is 25.1 Å². The van der Waals surface area contributed by atoms with Crippen molar-refractivity contribution in [3.05, 3.63) is 83.8 Å². The number of esters is 2. The van der Waals surface area contributed by atoms with Crippen LogP contribution in [0.1, 0.15) is 27.6 Å². The average Bonchev–Trinajstić information content (AvgIpc) is 2.81. The molecule has 0 saturated carbocycles. The van der Waals surface area contributed by atoms with E-state index in [9.17, 15) is 14.0 Å². The molecule has 4 aromatic rings. The smallest absolute Gasteiger partial charge is 0.346 e. The van der Waals surface area contributed by atoms with E-state index in [1.807, 2.05) is 36.4 Å². The number of rotatable bonds is 7. The van der Waals surface area contributed by atoms with Gasteiger partial charge in [-0.2, -0.15) is 0 Å². The summed E-state index contributed by atoms with van der Waals surface area (Å²) in [5.74, 6) is -1.42. The monoisotopic (exact) mass is 433 g/mol. The molecule has 162 valence electrons. The molecule has 0 radical (unpaired) electrons. The second-order valence-corrected chi connectivity index (χ2v) is 7.08. The van der Waals surface area contributed by atoms with Gasteiger partial charge in [-0.25, -0.2) is 19.0 Å². The highest BCUT2D eigenvalue weighted by Crippen LogP contribution is 2.30. The Hall–Kier alpha value is -4.00. The van der Waals surface area contributed by atoms with Gasteiger partial charge in [0, 0.05) is 6.54 Å². The largest absolute Gasteiger partial charge is 0.462 e. The Balaban J connectivity index is 1.58. The van der Waals surface area contributed by atoms with Crippen LogP contribution in [-0.2, 0) is 9.47 Å². The highest BCUT2D eigenvalue weighted by molar-refractivity contribution is 6.11. The van der Waals surface area contributed by atoms with Crippen molar-refractivity contribution in [2.45, 2.75) is 6.92 Å². The van der Waals surface area contributed by atoms with Crippen LogP contribution in [0.15, 0.2) is 66.9 Å². The van der Waals surface area contributed by atoms with Gasteiger partial charge >= 0.3 is 11.9 Å². The molecule has 2 N–H and O–H groups in total. The molecule has 1 heterocycles. The molecule has 3 aromatic carbocycles. The number of hydrogen-bond donors (Lipinski definition) is 1. The Morgan fingerprint density at radius 2 is 1.72 bits per heavy atom. The third-order valence-corrected chi connectivity index (χ3v) is 5.04. The summed E-state index contributed by atoms with van der Waals surface area (Å²) in [7, 11) is 0. The first-order valence-electron chi connectivity index (χ1n) is 10.3. The minimum Gasteiger partial charge on any atom is -0.462 e. The van der Waals surface area contributed by atoms with Crippen LogP contribution in [0.25, 0.3) is 21.7 Å². The van der Waals surface area contributed by atoms with E-state index in [1.54, 1.807) is 13.1 Å². The standard InChI is InChI=1S/C25H21FN2O4/c1-2-31-25(30)21-15-28-22-19-6-4-3-5-16(19)9-12-20(22)23(21)27-13-14-32-24(29)17-7-10-18(26)11-8-17/h3-12,15H,2,13-14H2,1H3,(H,27,28)/p+1. The van der Waals surface area contributed by atoms with E-state index < -0.39 is 17.8 Å². The number of ether oxygens (including phenoxy) is 2. The molecule has 0 atom stereocenters. The highest BCUT2D eigenvalue weighted by atomic mass is 19.1. The maximum absolute atomic E-state index is 13.0. The fourth-order valence-corrected chi connectivity index (χ4v) is 3.55. The summed E-state index contributed by atoms with van der Waals surface area (Å²) in [6, 6.07) is 17.0. The summed E-state index contributed by atoms with van der Waals surface area (Å²) in [6.45, 7) is 2.33. The average molecular weight is 433 g/mol. The van der Waals surface area contributed by atoms with Crippen molar-refractivity contribution in [3.63, 3.8) is 0 Å². The number of nitrogens with one attached hydrogen (secondary N) is 2. The van der Waals surface area contributed by atoms with Crippen molar-refractivity contribution < 1.29 is 28.4 Å². The van der Waals surface area contributed by atoms with Gasteiger partial charge in [-0.3, -0.25) is 0 Å². The first-order valence-corrected chi connectivity index (χ1v) is 10.3. The van der Waals surface area contributed by atoms with Gasteiger partial charge in [0.25, 0.3) is 0 Å². The number of fused-ring (bicyclic) bond motifs is 3. The molecule has 0 saturated heterocycles. The van der Waals surface area contributed by atoms with Crippen LogP contribution in [0.4, 0.5) is 10.1 Å². The summed E-state index contributed by atoms with van der Waals surface area (Å²) in [4.78, 5) is 27.9. The van der Waals surface area contributed by atoms with Crippen LogP contribution >= 0.6 is 0 Å². The van der Waals surface area contributed by atoms with Gasteiger partial charge in [-0.15, -0.1) is 0 Å². The van der Waals surface area contributed by atoms with Gasteiger partial charge in [-0.05, 0) is 48.7 Å². The highest BCUT2D eigenvalue weighted by Gasteiger charge is 2.21. The summed E-state index contributed by atoms with van der Waals surface area (Å²) in [5, 5.41) is 6.13. The van der Waals surface area contributed by atoms with Gasteiger partial charge in [0.2, 0.25) is 5.52 Å². The van der Waals surface area contributed by atoms with Crippen molar-refractivity contribution in [3.8, 4) is 0 Å². The van der Waals surface area contributed by atoms with E-state index in [2.05, 4.69) is 10.3 Å². The molecule has 4 rings (SSSR count). The Morgan fingerprint density at radius 3 is 2.50 bits per heavy atom. The van der Waals surface area contributed by atoms with Crippen LogP contribution in [0.5, 0.6) is 0 Å². The van der Waals surface area contributed by atoms with E-state index in [1.165, 1.54) is 24.3 Å². The number of carbonyl (C=O) groups is 2. The van der Waals surface area contributed by atoms with Crippen molar-refractivity contribution >= 4 is 39.3 Å². The van der Waals surface area contributed by atoms with E-state index in [0.717, 1.165) is 21.7 Å². The number of carbonyl (C=O) groups excluding carboxylic acids is 2. The van der Waals surface area contributed by atoms with E-state index in [0.29, 0.717) is 11.3 Å². The zero-order chi connectivity index (χ0) is 22.5. The summed E-state index contributed by atoms with van der Waals surface area (Å²) < 4.78 is 23.5. The number of pyridine rings is 1. The molecule has 0 spiro atoms. The molecule has 0 aliphatic carbocycles. The minimum absolute atomic E-state index is 0.0617. The number of benzene rings is 3. The lowest BCUT2D eigenvalue weighted by Gasteiger charge is -2.13. The molecular weight excluding hydrogens is 411 g/mol. The number of anilines is 1. The molecule has 0 fully saturated rings. The van der Waals surface area contributed by atoms with Crippen LogP contribution in [0, 0.1) is 5.82 Å². The fraction of sp³-hybridized carbons (Fsp3) is 0.160. The lowest BCUT2D eigenvalue weighted by Crippen LogP contribution is -2.19. The van der Waals surface area contributed by atoms with Crippen molar-refractivity contribution in [1.29, 1.82) is 0 Å². The molecular formula is C25H22FN2O4+. The van der Waals surface area contributed by atoms with Crippen LogP contribution in [0.3, 0.4) is 0 Å². The molecule has 7 heteroatoms. The normalized spacial score (nSPS) is 10.8. The zero-order valence-corrected chi connectivity index (χ0v) is 17.5. The predicted molar refractivity (Wildman–Crippen MR) is 119 cm³/mol. The fourth-order valence-electron chi connectivity index (χ4n) is 3.55. The van der Waals surface area contributed by atoms with E-state index >= 15 is 0 Å². The van der Waals surface area contributed by atoms with Crippen molar-refractivity contribution in [2.24, 2.45) is 0 Å². The number of halogens is 1. The molecule has 32 heavy (non-hydrogen) atoms. The Kier molecular flexibility index (Phi) is 6.26. The van der Waals surface area contributed by atoms with Gasteiger partial charge < -0.3 is 14.8 Å². The summed E-state index contributed by atoms with van der Waals surface area (Å²) >= 11 is 0. The molecule has 0 aliphatic rings. The number of aromatic amines is 1. The quantitative estimate of drug-likeness (QED) is 0.266. The molecule has 0 aliphatic heterocycles. The number of aromatic nitrogens is 1. The Bertz CT molecular complexity index is 1290. The Labute approximate surface area is 184 Å². The predicted octanol–water partition coefficient (Wildman–Crippen LogP) is 4.39. The third kappa shape index (κ3) is 4.37. The molecule has 6 nitrogen and oxygen atoms in total. The molecule has 0 amide bonds. The summed E-state index contributed by atoms with van der Waals surface area (Å²) in [5.41, 5.74) is 2.10. The number of hydrogen-bond acceptors (Lipinski definition) is 5. The first-order chi connectivity index (χ1) is 15.6. The summed E-state index contributed by atoms with van der Waals surface area (Å²) in [6.07, 6.45) is 1.62. The first kappa shape index (κ1) is 21.2. The van der Waals surface area contributed by atoms with E-state index in [-0.39, 0.29) is 25.3 Å². The van der Waals surface area contributed by atoms with Gasteiger partial charge in [-0.1, -0.05) is 24.3 Å². The zero-order valence-electron chi connectivity index (χ0n) is 17.5. The maximum Gasteiger partial charge on any atom is 0.346 e. The SMILES string of the molecule is CCOC(=O)c1c[nH+]c2c(ccc3ccccc32)c1NCCOC(=O)c1ccc(F)cc1. The van der Waals surface area contributed by atoms with Crippen molar-refractivity contribution in [1.82, 2.24) is 0 Å². The van der Waals surface area contributed by atoms with E-state index in [4.69, 9.17) is 9.47 Å². The van der Waals surface area contributed by atoms with Crippen LogP contribution in [0.2, 0.25) is 0 Å². The molecule has 0 bridgehead atoms. The minimum atomic E-state index is -0.547. The van der Waals surface area contributed by atoms with Gasteiger partial charge in [0.1, 0.15) is 18.0 Å². The number of H-pyrrole nitrogens is 1.